The number of benzene rings is 1. The molecule has 0 spiro atoms. The second kappa shape index (κ2) is 6.08. The molecule has 0 saturated heterocycles. The Morgan fingerprint density at radius 3 is 2.50 bits per heavy atom. The summed E-state index contributed by atoms with van der Waals surface area (Å²) in [5, 5.41) is 8.35. The Labute approximate surface area is 118 Å². The number of rotatable bonds is 5. The van der Waals surface area contributed by atoms with Crippen LogP contribution in [0.3, 0.4) is 0 Å². The fourth-order valence-corrected chi connectivity index (χ4v) is 2.26. The molecule has 0 aliphatic heterocycles. The number of sulfonamides is 1. The molecule has 1 aromatic heterocycles. The molecular weight excluding hydrogens is 276 g/mol. The Hall–Kier alpha value is -1.83. The molecule has 0 aliphatic rings. The van der Waals surface area contributed by atoms with Gasteiger partial charge in [-0.1, -0.05) is 12.1 Å². The van der Waals surface area contributed by atoms with Gasteiger partial charge in [0.25, 0.3) is 0 Å². The van der Waals surface area contributed by atoms with E-state index in [-0.39, 0.29) is 10.9 Å². The summed E-state index contributed by atoms with van der Waals surface area (Å²) >= 11 is 0. The number of aromatic nitrogens is 2. The van der Waals surface area contributed by atoms with Crippen LogP contribution < -0.4 is 10.5 Å². The molecule has 0 amide bonds. The molecule has 0 radical (unpaired) electrons. The number of primary sulfonamides is 1. The first-order valence-corrected chi connectivity index (χ1v) is 7.62. The second-order valence-electron chi connectivity index (χ2n) is 4.41. The quantitative estimate of drug-likeness (QED) is 0.856. The fraction of sp³-hybridized carbons (Fsp3) is 0.231. The zero-order chi connectivity index (χ0) is 14.6. The number of hydrogen-bond donors (Lipinski definition) is 2. The maximum absolute atomic E-state index is 11.2. The smallest absolute Gasteiger partial charge is 0.238 e. The van der Waals surface area contributed by atoms with Crippen LogP contribution in [0.5, 0.6) is 0 Å². The SMILES string of the molecule is CC(NCc1cnccn1)c1ccc(S(N)(=O)=O)cc1. The van der Waals surface area contributed by atoms with Gasteiger partial charge in [-0.3, -0.25) is 9.97 Å². The molecule has 106 valence electrons. The van der Waals surface area contributed by atoms with Gasteiger partial charge in [0, 0.05) is 31.2 Å². The van der Waals surface area contributed by atoms with Gasteiger partial charge in [-0.2, -0.15) is 0 Å². The lowest BCUT2D eigenvalue weighted by Gasteiger charge is -2.14. The van der Waals surface area contributed by atoms with Gasteiger partial charge in [-0.15, -0.1) is 0 Å². The average molecular weight is 292 g/mol. The van der Waals surface area contributed by atoms with Gasteiger partial charge in [0.15, 0.2) is 0 Å². The van der Waals surface area contributed by atoms with Gasteiger partial charge in [-0.25, -0.2) is 13.6 Å². The zero-order valence-corrected chi connectivity index (χ0v) is 11.8. The Balaban J connectivity index is 2.01. The van der Waals surface area contributed by atoms with Crippen molar-refractivity contribution in [3.63, 3.8) is 0 Å². The van der Waals surface area contributed by atoms with Crippen LogP contribution in [-0.4, -0.2) is 18.4 Å². The summed E-state index contributed by atoms with van der Waals surface area (Å²) in [6.45, 7) is 2.58. The monoisotopic (exact) mass is 292 g/mol. The predicted molar refractivity (Wildman–Crippen MR) is 75.1 cm³/mol. The molecule has 1 heterocycles. The molecular formula is C13H16N4O2S. The minimum atomic E-state index is -3.64. The number of nitrogens with zero attached hydrogens (tertiary/aromatic N) is 2. The maximum Gasteiger partial charge on any atom is 0.238 e. The fourth-order valence-electron chi connectivity index (χ4n) is 1.74. The van der Waals surface area contributed by atoms with Crippen LogP contribution in [0.4, 0.5) is 0 Å². The first-order valence-electron chi connectivity index (χ1n) is 6.08. The molecule has 0 aliphatic carbocycles. The first-order chi connectivity index (χ1) is 9.47. The molecule has 7 heteroatoms. The highest BCUT2D eigenvalue weighted by molar-refractivity contribution is 7.89. The molecule has 0 saturated carbocycles. The van der Waals surface area contributed by atoms with Gasteiger partial charge in [0.05, 0.1) is 10.6 Å². The summed E-state index contributed by atoms with van der Waals surface area (Å²) in [4.78, 5) is 8.27. The summed E-state index contributed by atoms with van der Waals surface area (Å²) in [5.74, 6) is 0. The molecule has 1 atom stereocenters. The normalized spacial score (nSPS) is 13.1. The lowest BCUT2D eigenvalue weighted by Crippen LogP contribution is -2.19. The van der Waals surface area contributed by atoms with Crippen molar-refractivity contribution < 1.29 is 8.42 Å². The third-order valence-electron chi connectivity index (χ3n) is 2.91. The lowest BCUT2D eigenvalue weighted by atomic mass is 10.1. The minimum absolute atomic E-state index is 0.0616. The average Bonchev–Trinajstić information content (AvgIpc) is 2.45. The largest absolute Gasteiger partial charge is 0.305 e. The molecule has 6 nitrogen and oxygen atoms in total. The third-order valence-corrected chi connectivity index (χ3v) is 3.84. The molecule has 3 N–H and O–H groups in total. The summed E-state index contributed by atoms with van der Waals surface area (Å²) in [5.41, 5.74) is 1.82. The van der Waals surface area contributed by atoms with Crippen molar-refractivity contribution in [2.24, 2.45) is 5.14 Å². The Morgan fingerprint density at radius 2 is 1.95 bits per heavy atom. The summed E-state index contributed by atoms with van der Waals surface area (Å²) in [7, 11) is -3.64. The van der Waals surface area contributed by atoms with E-state index in [1.165, 1.54) is 12.1 Å². The van der Waals surface area contributed by atoms with Crippen molar-refractivity contribution in [1.82, 2.24) is 15.3 Å². The van der Waals surface area contributed by atoms with E-state index in [1.54, 1.807) is 30.7 Å². The van der Waals surface area contributed by atoms with Crippen LogP contribution in [-0.2, 0) is 16.6 Å². The Kier molecular flexibility index (Phi) is 4.43. The van der Waals surface area contributed by atoms with Gasteiger partial charge >= 0.3 is 0 Å². The van der Waals surface area contributed by atoms with E-state index in [4.69, 9.17) is 5.14 Å². The summed E-state index contributed by atoms with van der Waals surface area (Å²) < 4.78 is 22.3. The molecule has 2 aromatic rings. The van der Waals surface area contributed by atoms with Crippen molar-refractivity contribution in [1.29, 1.82) is 0 Å². The van der Waals surface area contributed by atoms with Crippen molar-refractivity contribution in [2.75, 3.05) is 0 Å². The topological polar surface area (TPSA) is 98.0 Å². The van der Waals surface area contributed by atoms with Crippen molar-refractivity contribution in [3.05, 3.63) is 54.1 Å². The van der Waals surface area contributed by atoms with Gasteiger partial charge in [-0.05, 0) is 24.6 Å². The first kappa shape index (κ1) is 14.6. The summed E-state index contributed by atoms with van der Waals surface area (Å²) in [6.07, 6.45) is 4.96. The predicted octanol–water partition coefficient (Wildman–Crippen LogP) is 0.975. The van der Waals surface area contributed by atoms with Gasteiger partial charge < -0.3 is 5.32 Å². The van der Waals surface area contributed by atoms with Crippen LogP contribution in [0.2, 0.25) is 0 Å². The molecule has 1 aromatic carbocycles. The van der Waals surface area contributed by atoms with Gasteiger partial charge in [0.2, 0.25) is 10.0 Å². The highest BCUT2D eigenvalue weighted by atomic mass is 32.2. The molecule has 0 fully saturated rings. The van der Waals surface area contributed by atoms with Crippen LogP contribution in [0.1, 0.15) is 24.2 Å². The lowest BCUT2D eigenvalue weighted by molar-refractivity contribution is 0.566. The van der Waals surface area contributed by atoms with Crippen LogP contribution in [0, 0.1) is 0 Å². The molecule has 2 rings (SSSR count). The highest BCUT2D eigenvalue weighted by Gasteiger charge is 2.09. The zero-order valence-electron chi connectivity index (χ0n) is 11.0. The highest BCUT2D eigenvalue weighted by Crippen LogP contribution is 2.15. The molecule has 20 heavy (non-hydrogen) atoms. The van der Waals surface area contributed by atoms with E-state index < -0.39 is 10.0 Å². The number of nitrogens with two attached hydrogens (primary N) is 1. The molecule has 1 unspecified atom stereocenters. The van der Waals surface area contributed by atoms with Crippen molar-refractivity contribution in [2.45, 2.75) is 24.4 Å². The van der Waals surface area contributed by atoms with Crippen molar-refractivity contribution >= 4 is 10.0 Å². The van der Waals surface area contributed by atoms with Crippen LogP contribution >= 0.6 is 0 Å². The van der Waals surface area contributed by atoms with E-state index in [2.05, 4.69) is 15.3 Å². The van der Waals surface area contributed by atoms with Gasteiger partial charge in [0.1, 0.15) is 0 Å². The Morgan fingerprint density at radius 1 is 1.25 bits per heavy atom. The number of nitrogens with one attached hydrogen (secondary N) is 1. The third kappa shape index (κ3) is 3.83. The second-order valence-corrected chi connectivity index (χ2v) is 5.97. The van der Waals surface area contributed by atoms with E-state index in [1.807, 2.05) is 6.92 Å². The number of hydrogen-bond acceptors (Lipinski definition) is 5. The van der Waals surface area contributed by atoms with Crippen molar-refractivity contribution in [3.8, 4) is 0 Å². The van der Waals surface area contributed by atoms with E-state index in [9.17, 15) is 8.42 Å². The molecule has 0 bridgehead atoms. The van der Waals surface area contributed by atoms with E-state index in [0.29, 0.717) is 6.54 Å². The maximum atomic E-state index is 11.2. The van der Waals surface area contributed by atoms with E-state index >= 15 is 0 Å². The minimum Gasteiger partial charge on any atom is -0.305 e. The van der Waals surface area contributed by atoms with Crippen LogP contribution in [0.15, 0.2) is 47.8 Å². The van der Waals surface area contributed by atoms with E-state index in [0.717, 1.165) is 11.3 Å². The standard InChI is InChI=1S/C13H16N4O2S/c1-10(17-9-12-8-15-6-7-16-12)11-2-4-13(5-3-11)20(14,18)19/h2-8,10,17H,9H2,1H3,(H2,14,18,19). The summed E-state index contributed by atoms with van der Waals surface area (Å²) in [6, 6.07) is 6.56. The van der Waals surface area contributed by atoms with Crippen LogP contribution in [0.25, 0.3) is 0 Å². The Bertz CT molecular complexity index is 657.